The predicted octanol–water partition coefficient (Wildman–Crippen LogP) is 20.5. The van der Waals surface area contributed by atoms with E-state index in [1.54, 1.807) is 6.08 Å². The zero-order chi connectivity index (χ0) is 55.6. The number of aliphatic hydroxyl groups is 1. The summed E-state index contributed by atoms with van der Waals surface area (Å²) in [6.07, 6.45) is 76.1. The Labute approximate surface area is 474 Å². The van der Waals surface area contributed by atoms with Crippen LogP contribution in [0.15, 0.2) is 24.3 Å². The van der Waals surface area contributed by atoms with Crippen molar-refractivity contribution in [2.45, 2.75) is 360 Å². The van der Waals surface area contributed by atoms with E-state index in [1.165, 1.54) is 289 Å². The maximum absolute atomic E-state index is 13.0. The van der Waals surface area contributed by atoms with Gasteiger partial charge in [0.15, 0.2) is 0 Å². The number of phosphoric acid groups is 1. The first kappa shape index (κ1) is 75.0. The predicted molar refractivity (Wildman–Crippen MR) is 330 cm³/mol. The molecule has 1 amide bonds. The molecule has 3 atom stereocenters. The number of carbonyl (C=O) groups is 1. The summed E-state index contributed by atoms with van der Waals surface area (Å²) in [5.74, 6) is -0.200. The molecule has 2 N–H and O–H groups in total. The summed E-state index contributed by atoms with van der Waals surface area (Å²) in [5, 5.41) is 13.9. The van der Waals surface area contributed by atoms with E-state index in [9.17, 15) is 19.4 Å². The highest BCUT2D eigenvalue weighted by Gasteiger charge is 2.23. The Balaban J connectivity index is 3.87. The van der Waals surface area contributed by atoms with E-state index in [-0.39, 0.29) is 19.1 Å². The van der Waals surface area contributed by atoms with Crippen LogP contribution in [0.3, 0.4) is 0 Å². The summed E-state index contributed by atoms with van der Waals surface area (Å²) in [7, 11) is 1.26. The molecular formula is C67H133N2O6P. The summed E-state index contributed by atoms with van der Waals surface area (Å²) in [5.41, 5.74) is 0. The van der Waals surface area contributed by atoms with Crippen molar-refractivity contribution in [2.75, 3.05) is 40.9 Å². The summed E-state index contributed by atoms with van der Waals surface area (Å²) in [4.78, 5) is 25.5. The number of nitrogens with zero attached hydrogens (tertiary/aromatic N) is 1. The Hall–Kier alpha value is -1.02. The van der Waals surface area contributed by atoms with Gasteiger partial charge in [-0.25, -0.2) is 0 Å². The van der Waals surface area contributed by atoms with E-state index in [2.05, 4.69) is 31.3 Å². The van der Waals surface area contributed by atoms with Crippen molar-refractivity contribution in [3.63, 3.8) is 0 Å². The minimum Gasteiger partial charge on any atom is -0.756 e. The second-order valence-corrected chi connectivity index (χ2v) is 25.9. The normalized spacial score (nSPS) is 13.8. The van der Waals surface area contributed by atoms with E-state index in [4.69, 9.17) is 9.05 Å². The molecule has 0 bridgehead atoms. The molecule has 0 aliphatic carbocycles. The van der Waals surface area contributed by atoms with Crippen LogP contribution < -0.4 is 10.2 Å². The van der Waals surface area contributed by atoms with Crippen LogP contribution >= 0.6 is 7.82 Å². The number of hydrogen-bond acceptors (Lipinski definition) is 6. The highest BCUT2D eigenvalue weighted by molar-refractivity contribution is 7.45. The van der Waals surface area contributed by atoms with Gasteiger partial charge in [0.05, 0.1) is 39.9 Å². The fourth-order valence-corrected chi connectivity index (χ4v) is 11.1. The minimum atomic E-state index is -4.60. The van der Waals surface area contributed by atoms with Crippen LogP contribution in [0.2, 0.25) is 0 Å². The third-order valence-corrected chi connectivity index (χ3v) is 16.6. The van der Waals surface area contributed by atoms with Crippen molar-refractivity contribution in [1.29, 1.82) is 0 Å². The van der Waals surface area contributed by atoms with Crippen molar-refractivity contribution < 1.29 is 32.9 Å². The van der Waals surface area contributed by atoms with Crippen LogP contribution in [0.4, 0.5) is 0 Å². The molecule has 76 heavy (non-hydrogen) atoms. The molecule has 8 nitrogen and oxygen atoms in total. The number of likely N-dealkylation sites (N-methyl/N-ethyl adjacent to an activating group) is 1. The van der Waals surface area contributed by atoms with Gasteiger partial charge < -0.3 is 28.8 Å². The number of quaternary nitrogens is 1. The van der Waals surface area contributed by atoms with Gasteiger partial charge in [-0.05, 0) is 32.1 Å². The first-order chi connectivity index (χ1) is 37.0. The van der Waals surface area contributed by atoms with Crippen molar-refractivity contribution in [2.24, 2.45) is 0 Å². The quantitative estimate of drug-likeness (QED) is 0.0272. The number of allylic oxidation sites excluding steroid dienone is 3. The van der Waals surface area contributed by atoms with Crippen LogP contribution in [-0.2, 0) is 18.4 Å². The molecule has 452 valence electrons. The second-order valence-electron chi connectivity index (χ2n) is 24.5. The van der Waals surface area contributed by atoms with Crippen LogP contribution in [0.1, 0.15) is 348 Å². The average molecular weight is 1090 g/mol. The van der Waals surface area contributed by atoms with Gasteiger partial charge >= 0.3 is 0 Å². The Morgan fingerprint density at radius 3 is 1.07 bits per heavy atom. The third-order valence-electron chi connectivity index (χ3n) is 15.7. The van der Waals surface area contributed by atoms with E-state index < -0.39 is 20.0 Å². The molecule has 0 heterocycles. The molecular weight excluding hydrogens is 960 g/mol. The lowest BCUT2D eigenvalue weighted by molar-refractivity contribution is -0.870. The second kappa shape index (κ2) is 58.6. The van der Waals surface area contributed by atoms with Gasteiger partial charge in [0.25, 0.3) is 7.82 Å². The van der Waals surface area contributed by atoms with Crippen LogP contribution in [-0.4, -0.2) is 68.5 Å². The zero-order valence-corrected chi connectivity index (χ0v) is 52.6. The summed E-state index contributed by atoms with van der Waals surface area (Å²) >= 11 is 0. The molecule has 0 saturated carbocycles. The largest absolute Gasteiger partial charge is 0.756 e. The molecule has 0 aliphatic rings. The third kappa shape index (κ3) is 60.6. The number of rotatable bonds is 63. The lowest BCUT2D eigenvalue weighted by Crippen LogP contribution is -2.45. The van der Waals surface area contributed by atoms with E-state index in [0.717, 1.165) is 38.5 Å². The van der Waals surface area contributed by atoms with E-state index in [1.807, 2.05) is 27.2 Å². The Morgan fingerprint density at radius 1 is 0.447 bits per heavy atom. The number of phosphoric ester groups is 1. The molecule has 0 rings (SSSR count). The first-order valence-corrected chi connectivity index (χ1v) is 35.2. The van der Waals surface area contributed by atoms with Crippen LogP contribution in [0.25, 0.3) is 0 Å². The van der Waals surface area contributed by atoms with Crippen LogP contribution in [0.5, 0.6) is 0 Å². The Bertz CT molecular complexity index is 1290. The highest BCUT2D eigenvalue weighted by atomic mass is 31.2. The lowest BCUT2D eigenvalue weighted by Gasteiger charge is -2.29. The van der Waals surface area contributed by atoms with Gasteiger partial charge in [-0.3, -0.25) is 9.36 Å². The number of amides is 1. The SMILES string of the molecule is CCCCCCCCCCC/C=C/CC/C=C/C(O)C(COP(=O)([O-])OCC[N+](C)(C)C)NC(=O)CCCCCCCCCCCCCCCCCCCCCCCCCCCCCCCCCCCCCCCCC. The van der Waals surface area contributed by atoms with Gasteiger partial charge in [0.1, 0.15) is 13.2 Å². The fourth-order valence-electron chi connectivity index (χ4n) is 10.4. The van der Waals surface area contributed by atoms with E-state index >= 15 is 0 Å². The summed E-state index contributed by atoms with van der Waals surface area (Å²) in [6, 6.07) is -0.900. The average Bonchev–Trinajstić information content (AvgIpc) is 3.38. The molecule has 0 aromatic rings. The Kier molecular flexibility index (Phi) is 57.8. The molecule has 9 heteroatoms. The summed E-state index contributed by atoms with van der Waals surface area (Å²) < 4.78 is 23.3. The molecule has 0 saturated heterocycles. The molecule has 0 spiro atoms. The van der Waals surface area contributed by atoms with Crippen molar-refractivity contribution >= 4 is 13.7 Å². The number of unbranched alkanes of at least 4 members (excludes halogenated alkanes) is 48. The molecule has 0 aromatic carbocycles. The topological polar surface area (TPSA) is 108 Å². The van der Waals surface area contributed by atoms with Gasteiger partial charge in [-0.1, -0.05) is 334 Å². The maximum Gasteiger partial charge on any atom is 0.268 e. The minimum absolute atomic E-state index is 0.00378. The van der Waals surface area contributed by atoms with Crippen molar-refractivity contribution in [3.05, 3.63) is 24.3 Å². The highest BCUT2D eigenvalue weighted by Crippen LogP contribution is 2.38. The number of aliphatic hydroxyl groups excluding tert-OH is 1. The first-order valence-electron chi connectivity index (χ1n) is 33.7. The van der Waals surface area contributed by atoms with E-state index in [0.29, 0.717) is 17.4 Å². The van der Waals surface area contributed by atoms with Crippen molar-refractivity contribution in [3.8, 4) is 0 Å². The molecule has 0 aromatic heterocycles. The number of hydrogen-bond donors (Lipinski definition) is 2. The maximum atomic E-state index is 13.0. The smallest absolute Gasteiger partial charge is 0.268 e. The fraction of sp³-hybridized carbons (Fsp3) is 0.925. The van der Waals surface area contributed by atoms with Crippen molar-refractivity contribution in [1.82, 2.24) is 5.32 Å². The lowest BCUT2D eigenvalue weighted by atomic mass is 10.0. The van der Waals surface area contributed by atoms with Gasteiger partial charge in [-0.15, -0.1) is 0 Å². The van der Waals surface area contributed by atoms with Gasteiger partial charge in [0.2, 0.25) is 5.91 Å². The molecule has 3 unspecified atom stereocenters. The number of nitrogens with one attached hydrogen (secondary N) is 1. The molecule has 0 fully saturated rings. The molecule has 0 radical (unpaired) electrons. The van der Waals surface area contributed by atoms with Crippen LogP contribution in [0, 0.1) is 0 Å². The number of carbonyl (C=O) groups excluding carboxylic acids is 1. The molecule has 0 aliphatic heterocycles. The van der Waals surface area contributed by atoms with Gasteiger partial charge in [0, 0.05) is 6.42 Å². The monoisotopic (exact) mass is 1090 g/mol. The standard InChI is InChI=1S/C67H133N2O6P/c1-6-8-10-12-14-16-18-20-22-23-24-25-26-27-28-29-30-31-32-33-34-35-36-37-38-39-40-41-42-43-44-45-47-49-51-53-55-57-59-61-67(71)68-65(64-75-76(72,73)74-63-62-69(3,4)5)66(70)60-58-56-54-52-50-48-46-21-19-17-15-13-11-9-7-2/h50,52,58,60,65-66,70H,6-49,51,53-57,59,61-64H2,1-5H3,(H-,68,71,72,73)/b52-50+,60-58+. The van der Waals surface area contributed by atoms with Gasteiger partial charge in [-0.2, -0.15) is 0 Å². The Morgan fingerprint density at radius 2 is 0.737 bits per heavy atom. The zero-order valence-electron chi connectivity index (χ0n) is 51.7. The summed E-state index contributed by atoms with van der Waals surface area (Å²) in [6.45, 7) is 4.67.